The van der Waals surface area contributed by atoms with Crippen molar-refractivity contribution >= 4 is 52.2 Å². The van der Waals surface area contributed by atoms with Gasteiger partial charge in [-0.1, -0.05) is 35.3 Å². The van der Waals surface area contributed by atoms with Crippen LogP contribution in [0.1, 0.15) is 30.6 Å². The van der Waals surface area contributed by atoms with Gasteiger partial charge in [-0.25, -0.2) is 0 Å². The molecule has 0 fully saturated rings. The van der Waals surface area contributed by atoms with Gasteiger partial charge in [0, 0.05) is 36.8 Å². The zero-order chi connectivity index (χ0) is 19.3. The second kappa shape index (κ2) is 8.83. The van der Waals surface area contributed by atoms with Gasteiger partial charge in [-0.3, -0.25) is 14.4 Å². The molecule has 0 spiro atoms. The Hall–Kier alpha value is -2.37. The number of halogens is 2. The van der Waals surface area contributed by atoms with Gasteiger partial charge in [-0.2, -0.15) is 0 Å². The summed E-state index contributed by atoms with van der Waals surface area (Å²) in [5.41, 5.74) is 1.61. The van der Waals surface area contributed by atoms with E-state index in [1.54, 1.807) is 42.5 Å². The molecule has 0 aliphatic rings. The maximum absolute atomic E-state index is 12.2. The molecule has 0 aliphatic heterocycles. The van der Waals surface area contributed by atoms with Gasteiger partial charge in [0.1, 0.15) is 0 Å². The van der Waals surface area contributed by atoms with Crippen molar-refractivity contribution in [2.75, 3.05) is 16.8 Å². The molecule has 2 rings (SSSR count). The van der Waals surface area contributed by atoms with Crippen molar-refractivity contribution < 1.29 is 14.4 Å². The first kappa shape index (κ1) is 19.9. The second-order valence-corrected chi connectivity index (χ2v) is 6.52. The summed E-state index contributed by atoms with van der Waals surface area (Å²) in [4.78, 5) is 37.1. The summed E-state index contributed by atoms with van der Waals surface area (Å²) in [6.07, 6.45) is 0.0874. The molecule has 0 bridgehead atoms. The Labute approximate surface area is 161 Å². The summed E-state index contributed by atoms with van der Waals surface area (Å²) >= 11 is 11.8. The molecule has 0 atom stereocenters. The molecule has 0 unspecified atom stereocenters. The molecule has 5 nitrogen and oxygen atoms in total. The number of anilines is 2. The van der Waals surface area contributed by atoms with Crippen LogP contribution in [-0.2, 0) is 9.59 Å². The fourth-order valence-corrected chi connectivity index (χ4v) is 2.67. The Balaban J connectivity index is 2.05. The lowest BCUT2D eigenvalue weighted by atomic mass is 10.1. The standard InChI is InChI=1S/C19H18Cl2N2O3/c1-12(24)14-4-3-5-16(10-14)23(13(2)25)9-8-19(26)22-15-6-7-17(20)18(21)11-15/h3-7,10-11H,8-9H2,1-2H3,(H,22,26). The first-order valence-corrected chi connectivity index (χ1v) is 8.67. The number of benzene rings is 2. The van der Waals surface area contributed by atoms with Crippen molar-refractivity contribution in [3.05, 3.63) is 58.1 Å². The number of nitrogens with zero attached hydrogens (tertiary/aromatic N) is 1. The van der Waals surface area contributed by atoms with E-state index < -0.39 is 0 Å². The number of Topliss-reactive ketones (excluding diaryl/α,β-unsaturated/α-hetero) is 1. The van der Waals surface area contributed by atoms with Crippen LogP contribution in [0.2, 0.25) is 10.0 Å². The first-order chi connectivity index (χ1) is 12.3. The fraction of sp³-hybridized carbons (Fsp3) is 0.211. The molecule has 2 amide bonds. The summed E-state index contributed by atoms with van der Waals surface area (Å²) < 4.78 is 0. The Morgan fingerprint density at radius 2 is 1.73 bits per heavy atom. The predicted molar refractivity (Wildman–Crippen MR) is 104 cm³/mol. The molecular formula is C19H18Cl2N2O3. The minimum atomic E-state index is -0.266. The highest BCUT2D eigenvalue weighted by molar-refractivity contribution is 6.42. The highest BCUT2D eigenvalue weighted by Crippen LogP contribution is 2.25. The van der Waals surface area contributed by atoms with Crippen molar-refractivity contribution in [2.24, 2.45) is 0 Å². The summed E-state index contributed by atoms with van der Waals surface area (Å²) in [6, 6.07) is 11.5. The van der Waals surface area contributed by atoms with E-state index >= 15 is 0 Å². The van der Waals surface area contributed by atoms with Crippen LogP contribution in [0.25, 0.3) is 0 Å². The van der Waals surface area contributed by atoms with Gasteiger partial charge in [0.15, 0.2) is 5.78 Å². The number of rotatable bonds is 6. The van der Waals surface area contributed by atoms with Gasteiger partial charge in [0.05, 0.1) is 10.0 Å². The van der Waals surface area contributed by atoms with E-state index in [0.717, 1.165) is 0 Å². The molecule has 2 aromatic carbocycles. The van der Waals surface area contributed by atoms with E-state index in [4.69, 9.17) is 23.2 Å². The van der Waals surface area contributed by atoms with Crippen molar-refractivity contribution in [3.63, 3.8) is 0 Å². The molecule has 2 aromatic rings. The largest absolute Gasteiger partial charge is 0.326 e. The third-order valence-corrected chi connectivity index (χ3v) is 4.45. The van der Waals surface area contributed by atoms with Crippen molar-refractivity contribution in [1.29, 1.82) is 0 Å². The van der Waals surface area contributed by atoms with Crippen LogP contribution in [0, 0.1) is 0 Å². The number of carbonyl (C=O) groups excluding carboxylic acids is 3. The number of hydrogen-bond donors (Lipinski definition) is 1. The second-order valence-electron chi connectivity index (χ2n) is 5.70. The number of nitrogens with one attached hydrogen (secondary N) is 1. The number of amides is 2. The summed E-state index contributed by atoms with van der Waals surface area (Å²) in [7, 11) is 0. The van der Waals surface area contributed by atoms with Crippen molar-refractivity contribution in [2.45, 2.75) is 20.3 Å². The van der Waals surface area contributed by atoms with Crippen LogP contribution in [0.3, 0.4) is 0 Å². The fourth-order valence-electron chi connectivity index (χ4n) is 2.37. The quantitative estimate of drug-likeness (QED) is 0.731. The highest BCUT2D eigenvalue weighted by atomic mass is 35.5. The molecule has 0 saturated heterocycles. The van der Waals surface area contributed by atoms with Crippen molar-refractivity contribution in [3.8, 4) is 0 Å². The Morgan fingerprint density at radius 1 is 1.00 bits per heavy atom. The predicted octanol–water partition coefficient (Wildman–Crippen LogP) is 4.58. The minimum absolute atomic E-state index is 0.0874. The van der Waals surface area contributed by atoms with Crippen LogP contribution in [0.4, 0.5) is 11.4 Å². The van der Waals surface area contributed by atoms with Crippen LogP contribution in [0.5, 0.6) is 0 Å². The maximum atomic E-state index is 12.2. The van der Waals surface area contributed by atoms with Crippen LogP contribution >= 0.6 is 23.2 Å². The van der Waals surface area contributed by atoms with Gasteiger partial charge < -0.3 is 10.2 Å². The molecule has 0 radical (unpaired) electrons. The molecule has 7 heteroatoms. The average molecular weight is 393 g/mol. The number of ketones is 1. The number of carbonyl (C=O) groups is 3. The van der Waals surface area contributed by atoms with Crippen LogP contribution in [-0.4, -0.2) is 24.1 Å². The van der Waals surface area contributed by atoms with Crippen LogP contribution < -0.4 is 10.2 Å². The topological polar surface area (TPSA) is 66.5 Å². The summed E-state index contributed by atoms with van der Waals surface area (Å²) in [6.45, 7) is 3.06. The number of hydrogen-bond acceptors (Lipinski definition) is 3. The van der Waals surface area contributed by atoms with Gasteiger partial charge in [0.2, 0.25) is 11.8 Å². The maximum Gasteiger partial charge on any atom is 0.226 e. The Kier molecular flexibility index (Phi) is 6.77. The van der Waals surface area contributed by atoms with Gasteiger partial charge in [-0.05, 0) is 37.3 Å². The van der Waals surface area contributed by atoms with E-state index in [0.29, 0.717) is 27.0 Å². The molecular weight excluding hydrogens is 375 g/mol. The summed E-state index contributed by atoms with van der Waals surface area (Å²) in [5, 5.41) is 3.46. The molecule has 1 N–H and O–H groups in total. The lowest BCUT2D eigenvalue weighted by molar-refractivity contribution is -0.117. The lowest BCUT2D eigenvalue weighted by Crippen LogP contribution is -2.32. The normalized spacial score (nSPS) is 10.3. The zero-order valence-electron chi connectivity index (χ0n) is 14.4. The van der Waals surface area contributed by atoms with Crippen LogP contribution in [0.15, 0.2) is 42.5 Å². The SMILES string of the molecule is CC(=O)c1cccc(N(CCC(=O)Nc2ccc(Cl)c(Cl)c2)C(C)=O)c1. The van der Waals surface area contributed by atoms with E-state index in [1.807, 2.05) is 0 Å². The first-order valence-electron chi connectivity index (χ1n) is 7.92. The third kappa shape index (κ3) is 5.31. The molecule has 0 aromatic heterocycles. The van der Waals surface area contributed by atoms with E-state index in [-0.39, 0.29) is 30.6 Å². The average Bonchev–Trinajstić information content (AvgIpc) is 2.58. The van der Waals surface area contributed by atoms with Gasteiger partial charge >= 0.3 is 0 Å². The lowest BCUT2D eigenvalue weighted by Gasteiger charge is -2.21. The Bertz CT molecular complexity index is 852. The molecule has 0 saturated carbocycles. The zero-order valence-corrected chi connectivity index (χ0v) is 15.9. The minimum Gasteiger partial charge on any atom is -0.326 e. The van der Waals surface area contributed by atoms with Gasteiger partial charge in [0.25, 0.3) is 0 Å². The third-order valence-electron chi connectivity index (χ3n) is 3.71. The van der Waals surface area contributed by atoms with E-state index in [2.05, 4.69) is 5.32 Å². The summed E-state index contributed by atoms with van der Waals surface area (Å²) in [5.74, 6) is -0.571. The Morgan fingerprint density at radius 3 is 2.35 bits per heavy atom. The van der Waals surface area contributed by atoms with E-state index in [1.165, 1.54) is 18.7 Å². The monoisotopic (exact) mass is 392 g/mol. The van der Waals surface area contributed by atoms with E-state index in [9.17, 15) is 14.4 Å². The molecule has 26 heavy (non-hydrogen) atoms. The highest BCUT2D eigenvalue weighted by Gasteiger charge is 2.15. The molecule has 0 heterocycles. The molecule has 136 valence electrons. The smallest absolute Gasteiger partial charge is 0.226 e. The van der Waals surface area contributed by atoms with Crippen molar-refractivity contribution in [1.82, 2.24) is 0 Å². The van der Waals surface area contributed by atoms with Gasteiger partial charge in [-0.15, -0.1) is 0 Å². The molecule has 0 aliphatic carbocycles.